The van der Waals surface area contributed by atoms with Gasteiger partial charge in [0.15, 0.2) is 5.69 Å². The molecule has 3 aromatic rings. The fourth-order valence-corrected chi connectivity index (χ4v) is 4.60. The van der Waals surface area contributed by atoms with Crippen LogP contribution in [0.25, 0.3) is 16.9 Å². The van der Waals surface area contributed by atoms with Gasteiger partial charge in [-0.15, -0.1) is 0 Å². The number of alkyl halides is 3. The van der Waals surface area contributed by atoms with Crippen molar-refractivity contribution in [3.05, 3.63) is 65.9 Å². The van der Waals surface area contributed by atoms with Crippen LogP contribution in [0, 0.1) is 6.92 Å². The predicted molar refractivity (Wildman–Crippen MR) is 138 cm³/mol. The van der Waals surface area contributed by atoms with Crippen LogP contribution in [0.3, 0.4) is 0 Å². The summed E-state index contributed by atoms with van der Waals surface area (Å²) in [5.74, 6) is -1.27. The molecule has 2 amide bonds. The number of aromatic nitrogens is 2. The summed E-state index contributed by atoms with van der Waals surface area (Å²) in [4.78, 5) is 26.9. The van der Waals surface area contributed by atoms with Gasteiger partial charge in [0.05, 0.1) is 16.3 Å². The highest BCUT2D eigenvalue weighted by Crippen LogP contribution is 2.33. The molecule has 1 unspecified atom stereocenters. The molecule has 0 spiro atoms. The molecule has 0 aliphatic carbocycles. The van der Waals surface area contributed by atoms with Crippen molar-refractivity contribution in [3.8, 4) is 16.9 Å². The number of carbonyl (C=O) groups excluding carboxylic acids is 2. The van der Waals surface area contributed by atoms with Crippen LogP contribution in [0.4, 0.5) is 13.2 Å². The van der Waals surface area contributed by atoms with Gasteiger partial charge in [0.2, 0.25) is 12.4 Å². The highest BCUT2D eigenvalue weighted by atomic mass is 32.2. The van der Waals surface area contributed by atoms with Crippen molar-refractivity contribution in [1.29, 1.82) is 0 Å². The maximum atomic E-state index is 13.4. The Morgan fingerprint density at radius 2 is 1.82 bits per heavy atom. The van der Waals surface area contributed by atoms with Crippen LogP contribution in [0.2, 0.25) is 0 Å². The Labute approximate surface area is 227 Å². The molecule has 40 heavy (non-hydrogen) atoms. The molecule has 0 radical (unpaired) electrons. The van der Waals surface area contributed by atoms with E-state index in [-0.39, 0.29) is 48.0 Å². The lowest BCUT2D eigenvalue weighted by Crippen LogP contribution is -2.45. The zero-order valence-corrected chi connectivity index (χ0v) is 21.8. The summed E-state index contributed by atoms with van der Waals surface area (Å²) in [5.41, 5.74) is 7.43. The van der Waals surface area contributed by atoms with Gasteiger partial charge < -0.3 is 11.1 Å². The van der Waals surface area contributed by atoms with E-state index in [1.807, 2.05) is 11.6 Å². The third-order valence-corrected chi connectivity index (χ3v) is 6.97. The lowest BCUT2D eigenvalue weighted by Gasteiger charge is -2.16. The Balaban J connectivity index is 1.82. The summed E-state index contributed by atoms with van der Waals surface area (Å²) in [7, 11) is -4.41. The van der Waals surface area contributed by atoms with E-state index in [9.17, 15) is 31.2 Å². The Hall–Kier alpha value is -4.44. The molecule has 1 atom stereocenters. The number of rotatable bonds is 11. The molecule has 0 fully saturated rings. The van der Waals surface area contributed by atoms with Crippen molar-refractivity contribution < 1.29 is 36.4 Å². The molecule has 12 nitrogen and oxygen atoms in total. The SMILES string of the molecule is Cc1ccc(-c2cc(C(F)(F)F)nn2-c2ccc(S(=O)(=O)NC(=O)C(CCCN=C(N)NO)NC=O)cc2)cc1. The van der Waals surface area contributed by atoms with E-state index in [4.69, 9.17) is 10.9 Å². The number of amides is 2. The Morgan fingerprint density at radius 3 is 2.40 bits per heavy atom. The maximum absolute atomic E-state index is 13.4. The van der Waals surface area contributed by atoms with Gasteiger partial charge in [-0.1, -0.05) is 29.8 Å². The number of benzene rings is 2. The first-order valence-electron chi connectivity index (χ1n) is 11.7. The van der Waals surface area contributed by atoms with Crippen LogP contribution in [0.1, 0.15) is 24.1 Å². The van der Waals surface area contributed by atoms with Crippen LogP contribution in [0.5, 0.6) is 0 Å². The third-order valence-electron chi connectivity index (χ3n) is 5.61. The Bertz CT molecular complexity index is 1470. The summed E-state index contributed by atoms with van der Waals surface area (Å²) < 4.78 is 68.9. The summed E-state index contributed by atoms with van der Waals surface area (Å²) in [5, 5.41) is 14.5. The van der Waals surface area contributed by atoms with Crippen LogP contribution >= 0.6 is 0 Å². The van der Waals surface area contributed by atoms with E-state index >= 15 is 0 Å². The number of hydrogen-bond acceptors (Lipinski definition) is 7. The number of hydrogen-bond donors (Lipinski definition) is 5. The number of carbonyl (C=O) groups is 2. The molecule has 1 aromatic heterocycles. The number of nitrogens with zero attached hydrogens (tertiary/aromatic N) is 3. The molecule has 0 bridgehead atoms. The molecule has 2 aromatic carbocycles. The number of aliphatic imine (C=N–C) groups is 1. The van der Waals surface area contributed by atoms with E-state index in [0.717, 1.165) is 28.4 Å². The van der Waals surface area contributed by atoms with Gasteiger partial charge in [-0.05, 0) is 50.1 Å². The Kier molecular flexibility index (Phi) is 9.49. The van der Waals surface area contributed by atoms with Crippen LogP contribution in [0.15, 0.2) is 64.5 Å². The predicted octanol–water partition coefficient (Wildman–Crippen LogP) is 1.86. The second-order valence-electron chi connectivity index (χ2n) is 8.51. The van der Waals surface area contributed by atoms with Crippen molar-refractivity contribution in [1.82, 2.24) is 25.3 Å². The van der Waals surface area contributed by atoms with Crippen LogP contribution in [-0.2, 0) is 25.8 Å². The van der Waals surface area contributed by atoms with Gasteiger partial charge in [0, 0.05) is 12.1 Å². The number of aryl methyl sites for hydroxylation is 1. The molecule has 0 saturated heterocycles. The zero-order chi connectivity index (χ0) is 29.5. The molecule has 16 heteroatoms. The lowest BCUT2D eigenvalue weighted by atomic mass is 10.1. The first-order valence-corrected chi connectivity index (χ1v) is 13.1. The van der Waals surface area contributed by atoms with E-state index in [1.165, 1.54) is 12.1 Å². The summed E-state index contributed by atoms with van der Waals surface area (Å²) in [6.45, 7) is 1.91. The minimum atomic E-state index is -4.71. The van der Waals surface area contributed by atoms with Crippen molar-refractivity contribution >= 4 is 28.3 Å². The average Bonchev–Trinajstić information content (AvgIpc) is 3.37. The number of hydroxylamine groups is 1. The number of halogens is 3. The van der Waals surface area contributed by atoms with E-state index < -0.39 is 33.8 Å². The van der Waals surface area contributed by atoms with E-state index in [1.54, 1.807) is 29.7 Å². The minimum Gasteiger partial charge on any atom is -0.368 e. The molecule has 3 rings (SSSR count). The zero-order valence-electron chi connectivity index (χ0n) is 21.0. The van der Waals surface area contributed by atoms with Gasteiger partial charge in [0.25, 0.3) is 15.9 Å². The topological polar surface area (TPSA) is 181 Å². The van der Waals surface area contributed by atoms with Crippen molar-refractivity contribution in [2.45, 2.75) is 36.9 Å². The standard InChI is InChI=1S/C24H26F3N7O5S/c1-15-4-6-16(7-5-15)20-13-21(24(25,26)27)31-34(20)17-8-10-18(11-9-17)40(38,39)33-22(36)19(30-14-35)3-2-12-29-23(28)32-37/h4-11,13-14,19,37H,2-3,12H2,1H3,(H,30,35)(H,33,36)(H3,28,29,32). The van der Waals surface area contributed by atoms with Gasteiger partial charge in [-0.3, -0.25) is 19.8 Å². The normalized spacial score (nSPS) is 13.0. The first kappa shape index (κ1) is 30.1. The molecule has 0 aliphatic rings. The smallest absolute Gasteiger partial charge is 0.368 e. The first-order chi connectivity index (χ1) is 18.9. The third kappa shape index (κ3) is 7.57. The van der Waals surface area contributed by atoms with Crippen LogP contribution in [-0.4, -0.2) is 54.3 Å². The van der Waals surface area contributed by atoms with Crippen molar-refractivity contribution in [2.24, 2.45) is 10.7 Å². The highest BCUT2D eigenvalue weighted by molar-refractivity contribution is 7.90. The largest absolute Gasteiger partial charge is 0.435 e. The summed E-state index contributed by atoms with van der Waals surface area (Å²) in [6.07, 6.45) is -4.25. The molecule has 1 heterocycles. The molecular weight excluding hydrogens is 555 g/mol. The second-order valence-corrected chi connectivity index (χ2v) is 10.2. The summed E-state index contributed by atoms with van der Waals surface area (Å²) >= 11 is 0. The van der Waals surface area contributed by atoms with Gasteiger partial charge in [0.1, 0.15) is 6.04 Å². The van der Waals surface area contributed by atoms with Gasteiger partial charge in [-0.2, -0.15) is 18.3 Å². The van der Waals surface area contributed by atoms with Crippen LogP contribution < -0.4 is 21.3 Å². The lowest BCUT2D eigenvalue weighted by molar-refractivity contribution is -0.141. The fourth-order valence-electron chi connectivity index (χ4n) is 3.58. The number of nitrogens with one attached hydrogen (secondary N) is 3. The number of nitrogens with two attached hydrogens (primary N) is 1. The monoisotopic (exact) mass is 581 g/mol. The number of sulfonamides is 1. The average molecular weight is 582 g/mol. The molecule has 0 aliphatic heterocycles. The van der Waals surface area contributed by atoms with E-state index in [2.05, 4.69) is 15.4 Å². The number of guanidine groups is 1. The van der Waals surface area contributed by atoms with Gasteiger partial charge >= 0.3 is 6.18 Å². The quantitative estimate of drug-likeness (QED) is 0.0748. The van der Waals surface area contributed by atoms with Gasteiger partial charge in [-0.25, -0.2) is 23.3 Å². The molecule has 214 valence electrons. The second kappa shape index (κ2) is 12.6. The van der Waals surface area contributed by atoms with E-state index in [0.29, 0.717) is 5.56 Å². The Morgan fingerprint density at radius 1 is 1.18 bits per heavy atom. The minimum absolute atomic E-state index is 0.00383. The highest BCUT2D eigenvalue weighted by Gasteiger charge is 2.35. The maximum Gasteiger partial charge on any atom is 0.435 e. The van der Waals surface area contributed by atoms with Crippen molar-refractivity contribution in [3.63, 3.8) is 0 Å². The molecule has 6 N–H and O–H groups in total. The van der Waals surface area contributed by atoms with Crippen molar-refractivity contribution in [2.75, 3.05) is 6.54 Å². The molecular formula is C24H26F3N7O5S. The fraction of sp³-hybridized carbons (Fsp3) is 0.250. The summed E-state index contributed by atoms with van der Waals surface area (Å²) in [6, 6.07) is 11.2. The molecule has 0 saturated carbocycles.